The molecule has 0 aliphatic heterocycles. The highest BCUT2D eigenvalue weighted by molar-refractivity contribution is 7.89. The number of hydrogen-bond acceptors (Lipinski definition) is 6. The molecule has 0 spiro atoms. The zero-order chi connectivity index (χ0) is 18.8. The molecule has 0 aromatic heterocycles. The Morgan fingerprint density at radius 2 is 1.92 bits per heavy atom. The Hall–Kier alpha value is -2.20. The van der Waals surface area contributed by atoms with Crippen LogP contribution in [0.5, 0.6) is 0 Å². The molecule has 8 nitrogen and oxygen atoms in total. The molecule has 25 heavy (non-hydrogen) atoms. The normalized spacial score (nSPS) is 12.1. The molecule has 2 aromatic rings. The Morgan fingerprint density at radius 3 is 2.52 bits per heavy atom. The van der Waals surface area contributed by atoms with Gasteiger partial charge >= 0.3 is 0 Å². The number of nitro benzene ring substituents is 1. The second kappa shape index (κ2) is 7.36. The van der Waals surface area contributed by atoms with Crippen molar-refractivity contribution in [3.63, 3.8) is 0 Å². The first-order valence-corrected chi connectivity index (χ1v) is 8.97. The number of rotatable bonds is 5. The van der Waals surface area contributed by atoms with Crippen LogP contribution < -0.4 is 10.6 Å². The minimum Gasteiger partial charge on any atom is -0.271 e. The smallest absolute Gasteiger partial charge is 0.271 e. The lowest BCUT2D eigenvalue weighted by molar-refractivity contribution is -0.384. The van der Waals surface area contributed by atoms with Gasteiger partial charge in [0.15, 0.2) is 0 Å². The fourth-order valence-electron chi connectivity index (χ4n) is 1.91. The van der Waals surface area contributed by atoms with Crippen LogP contribution in [0.25, 0.3) is 0 Å². The van der Waals surface area contributed by atoms with Crippen molar-refractivity contribution in [1.82, 2.24) is 0 Å². The molecule has 11 heteroatoms. The summed E-state index contributed by atoms with van der Waals surface area (Å²) in [7, 11) is -4.06. The number of nitro groups is 1. The van der Waals surface area contributed by atoms with Crippen LogP contribution >= 0.6 is 23.2 Å². The Labute approximate surface area is 153 Å². The number of nitrogens with two attached hydrogens (primary N) is 1. The number of sulfonamides is 1. The van der Waals surface area contributed by atoms with Gasteiger partial charge in [0.2, 0.25) is 10.0 Å². The molecule has 0 aliphatic rings. The van der Waals surface area contributed by atoms with Gasteiger partial charge in [-0.25, -0.2) is 13.6 Å². The lowest BCUT2D eigenvalue weighted by Gasteiger charge is -2.07. The Bertz CT molecular complexity index is 977. The third-order valence-corrected chi connectivity index (χ3v) is 4.63. The molecule has 0 saturated carbocycles. The van der Waals surface area contributed by atoms with Gasteiger partial charge < -0.3 is 0 Å². The molecule has 132 valence electrons. The molecule has 2 aromatic carbocycles. The maximum atomic E-state index is 11.3. The third kappa shape index (κ3) is 4.67. The van der Waals surface area contributed by atoms with E-state index in [2.05, 4.69) is 10.5 Å². The second-order valence-electron chi connectivity index (χ2n) is 4.91. The number of nitrogens with one attached hydrogen (secondary N) is 1. The summed E-state index contributed by atoms with van der Waals surface area (Å²) in [6.07, 6.45) is 0. The predicted molar refractivity (Wildman–Crippen MR) is 96.8 cm³/mol. The van der Waals surface area contributed by atoms with Gasteiger partial charge in [-0.15, -0.1) is 0 Å². The van der Waals surface area contributed by atoms with Crippen LogP contribution in [0, 0.1) is 10.1 Å². The van der Waals surface area contributed by atoms with Crippen molar-refractivity contribution in [2.75, 3.05) is 5.43 Å². The van der Waals surface area contributed by atoms with E-state index in [1.54, 1.807) is 25.1 Å². The van der Waals surface area contributed by atoms with Gasteiger partial charge in [0.05, 0.1) is 15.5 Å². The number of primary sulfonamides is 1. The zero-order valence-corrected chi connectivity index (χ0v) is 15.1. The zero-order valence-electron chi connectivity index (χ0n) is 12.7. The van der Waals surface area contributed by atoms with Crippen molar-refractivity contribution >= 4 is 50.3 Å². The Kier molecular flexibility index (Phi) is 5.63. The number of hydrazone groups is 1. The molecule has 0 saturated heterocycles. The van der Waals surface area contributed by atoms with E-state index in [4.69, 9.17) is 28.3 Å². The fourth-order valence-corrected chi connectivity index (χ4v) is 2.87. The molecule has 0 heterocycles. The maximum absolute atomic E-state index is 11.3. The number of halogens is 2. The van der Waals surface area contributed by atoms with Crippen LogP contribution in [-0.2, 0) is 10.0 Å². The maximum Gasteiger partial charge on any atom is 0.295 e. The number of nitrogens with zero attached hydrogens (tertiary/aromatic N) is 2. The highest BCUT2D eigenvalue weighted by Gasteiger charge is 2.19. The topological polar surface area (TPSA) is 128 Å². The fraction of sp³-hybridized carbons (Fsp3) is 0.0714. The van der Waals surface area contributed by atoms with Crippen molar-refractivity contribution in [3.05, 3.63) is 62.1 Å². The molecule has 0 fully saturated rings. The summed E-state index contributed by atoms with van der Waals surface area (Å²) < 4.78 is 22.6. The summed E-state index contributed by atoms with van der Waals surface area (Å²) in [6.45, 7) is 1.63. The molecular formula is C14H12Cl2N4O4S. The van der Waals surface area contributed by atoms with Gasteiger partial charge in [0, 0.05) is 21.7 Å². The molecule has 0 unspecified atom stereocenters. The molecule has 2 rings (SSSR count). The third-order valence-electron chi connectivity index (χ3n) is 3.16. The molecular weight excluding hydrogens is 391 g/mol. The molecule has 0 atom stereocenters. The lowest BCUT2D eigenvalue weighted by Crippen LogP contribution is -2.12. The summed E-state index contributed by atoms with van der Waals surface area (Å²) in [5.74, 6) is 0. The minimum atomic E-state index is -4.06. The van der Waals surface area contributed by atoms with Gasteiger partial charge in [0.1, 0.15) is 5.69 Å². The largest absolute Gasteiger partial charge is 0.295 e. The summed E-state index contributed by atoms with van der Waals surface area (Å²) in [5, 5.41) is 21.0. The van der Waals surface area contributed by atoms with E-state index in [0.29, 0.717) is 21.3 Å². The summed E-state index contributed by atoms with van der Waals surface area (Å²) in [5.41, 5.74) is 3.01. The van der Waals surface area contributed by atoms with E-state index in [1.165, 1.54) is 6.07 Å². The lowest BCUT2D eigenvalue weighted by atomic mass is 10.1. The quantitative estimate of drug-likeness (QED) is 0.449. The Morgan fingerprint density at radius 1 is 1.24 bits per heavy atom. The first-order valence-electron chi connectivity index (χ1n) is 6.66. The average molecular weight is 403 g/mol. The Balaban J connectivity index is 2.40. The second-order valence-corrected chi connectivity index (χ2v) is 7.32. The van der Waals surface area contributed by atoms with Crippen LogP contribution in [-0.4, -0.2) is 19.1 Å². The monoisotopic (exact) mass is 402 g/mol. The van der Waals surface area contributed by atoms with Crippen LogP contribution in [0.2, 0.25) is 10.0 Å². The summed E-state index contributed by atoms with van der Waals surface area (Å²) >= 11 is 12.0. The van der Waals surface area contributed by atoms with Gasteiger partial charge in [-0.1, -0.05) is 23.2 Å². The molecule has 0 bridgehead atoms. The predicted octanol–water partition coefficient (Wildman–Crippen LogP) is 3.39. The van der Waals surface area contributed by atoms with Crippen LogP contribution in [0.4, 0.5) is 11.4 Å². The van der Waals surface area contributed by atoms with Crippen molar-refractivity contribution in [2.45, 2.75) is 11.8 Å². The summed E-state index contributed by atoms with van der Waals surface area (Å²) in [4.78, 5) is 10.0. The summed E-state index contributed by atoms with van der Waals surface area (Å²) in [6, 6.07) is 8.01. The number of anilines is 1. The SMILES string of the molecule is C/C(=N\Nc1ccc(S(N)(=O)=O)cc1[N+](=O)[O-])c1cc(Cl)ccc1Cl. The van der Waals surface area contributed by atoms with Gasteiger partial charge in [-0.3, -0.25) is 15.5 Å². The van der Waals surface area contributed by atoms with Crippen LogP contribution in [0.15, 0.2) is 46.4 Å². The number of benzene rings is 2. The highest BCUT2D eigenvalue weighted by atomic mass is 35.5. The first-order chi connectivity index (χ1) is 11.6. The van der Waals surface area contributed by atoms with E-state index in [9.17, 15) is 18.5 Å². The first kappa shape index (κ1) is 19.1. The van der Waals surface area contributed by atoms with E-state index in [0.717, 1.165) is 12.1 Å². The minimum absolute atomic E-state index is 0.00472. The van der Waals surface area contributed by atoms with E-state index < -0.39 is 20.6 Å². The van der Waals surface area contributed by atoms with Crippen molar-refractivity contribution in [2.24, 2.45) is 10.2 Å². The van der Waals surface area contributed by atoms with Gasteiger partial charge in [0.25, 0.3) is 5.69 Å². The molecule has 3 N–H and O–H groups in total. The van der Waals surface area contributed by atoms with Crippen molar-refractivity contribution in [3.8, 4) is 0 Å². The van der Waals surface area contributed by atoms with Crippen molar-refractivity contribution < 1.29 is 13.3 Å². The molecule has 0 amide bonds. The van der Waals surface area contributed by atoms with Crippen LogP contribution in [0.3, 0.4) is 0 Å². The van der Waals surface area contributed by atoms with E-state index in [-0.39, 0.29) is 10.6 Å². The highest BCUT2D eigenvalue weighted by Crippen LogP contribution is 2.28. The van der Waals surface area contributed by atoms with Crippen LogP contribution in [0.1, 0.15) is 12.5 Å². The van der Waals surface area contributed by atoms with E-state index >= 15 is 0 Å². The van der Waals surface area contributed by atoms with Gasteiger partial charge in [-0.05, 0) is 37.3 Å². The average Bonchev–Trinajstić information content (AvgIpc) is 2.53. The van der Waals surface area contributed by atoms with Gasteiger partial charge in [-0.2, -0.15) is 5.10 Å². The molecule has 0 aliphatic carbocycles. The van der Waals surface area contributed by atoms with Crippen molar-refractivity contribution in [1.29, 1.82) is 0 Å². The standard InChI is InChI=1S/C14H12Cl2N4O4S/c1-8(11-6-9(15)2-4-12(11)16)18-19-13-5-3-10(25(17,23)24)7-14(13)20(21)22/h2-7,19H,1H3,(H2,17,23,24)/b18-8+. The molecule has 0 radical (unpaired) electrons. The number of hydrogen-bond donors (Lipinski definition) is 2. The van der Waals surface area contributed by atoms with E-state index in [1.807, 2.05) is 0 Å².